The zero-order chi connectivity index (χ0) is 17.6. The summed E-state index contributed by atoms with van der Waals surface area (Å²) in [6, 6.07) is 7.38. The average molecular weight is 377 g/mol. The Morgan fingerprint density at radius 2 is 2.16 bits per heavy atom. The van der Waals surface area contributed by atoms with Crippen LogP contribution < -0.4 is 10.1 Å². The van der Waals surface area contributed by atoms with Crippen molar-refractivity contribution in [2.45, 2.75) is 18.5 Å². The van der Waals surface area contributed by atoms with Gasteiger partial charge in [-0.15, -0.1) is 15.3 Å². The van der Waals surface area contributed by atoms with E-state index in [1.807, 2.05) is 31.2 Å². The van der Waals surface area contributed by atoms with Crippen LogP contribution in [0.1, 0.15) is 11.9 Å². The van der Waals surface area contributed by atoms with Gasteiger partial charge in [-0.3, -0.25) is 10.1 Å². The first-order valence-corrected chi connectivity index (χ1v) is 9.18. The molecular formula is C14H15N7O2S2. The number of ether oxygens (including phenoxy) is 1. The molecule has 0 bridgehead atoms. The van der Waals surface area contributed by atoms with Crippen LogP contribution in [0.2, 0.25) is 0 Å². The van der Waals surface area contributed by atoms with Gasteiger partial charge >= 0.3 is 0 Å². The van der Waals surface area contributed by atoms with Crippen LogP contribution in [0, 0.1) is 0 Å². The van der Waals surface area contributed by atoms with Gasteiger partial charge in [0.1, 0.15) is 16.4 Å². The maximum absolute atomic E-state index is 12.1. The Labute approximate surface area is 151 Å². The van der Waals surface area contributed by atoms with Crippen molar-refractivity contribution in [2.75, 3.05) is 18.2 Å². The van der Waals surface area contributed by atoms with E-state index in [0.717, 1.165) is 11.4 Å². The van der Waals surface area contributed by atoms with Gasteiger partial charge in [-0.05, 0) is 29.0 Å². The number of para-hydroxylation sites is 2. The zero-order valence-corrected chi connectivity index (χ0v) is 15.2. The first-order chi connectivity index (χ1) is 12.2. The fraction of sp³-hybridized carbons (Fsp3) is 0.286. The highest BCUT2D eigenvalue weighted by molar-refractivity contribution is 7.99. The number of amides is 1. The maximum atomic E-state index is 12.1. The molecule has 1 amide bonds. The number of anilines is 1. The lowest BCUT2D eigenvalue weighted by molar-refractivity contribution is -0.113. The van der Waals surface area contributed by atoms with Crippen LogP contribution in [-0.2, 0) is 11.2 Å². The van der Waals surface area contributed by atoms with Gasteiger partial charge in [-0.25, -0.2) is 0 Å². The molecule has 130 valence electrons. The molecule has 0 aliphatic rings. The molecule has 0 saturated heterocycles. The first-order valence-electron chi connectivity index (χ1n) is 7.38. The van der Waals surface area contributed by atoms with Crippen molar-refractivity contribution in [1.29, 1.82) is 0 Å². The summed E-state index contributed by atoms with van der Waals surface area (Å²) >= 11 is 2.59. The lowest BCUT2D eigenvalue weighted by Gasteiger charge is -2.08. The van der Waals surface area contributed by atoms with Gasteiger partial charge < -0.3 is 4.74 Å². The second-order valence-corrected chi connectivity index (χ2v) is 6.74. The second-order valence-electron chi connectivity index (χ2n) is 4.74. The van der Waals surface area contributed by atoms with Crippen LogP contribution in [0.15, 0.2) is 29.4 Å². The minimum absolute atomic E-state index is 0.149. The number of thioether (sulfide) groups is 1. The topological polar surface area (TPSA) is 108 Å². The third-order valence-corrected chi connectivity index (χ3v) is 5.00. The summed E-state index contributed by atoms with van der Waals surface area (Å²) in [5.41, 5.74) is 0.703. The summed E-state index contributed by atoms with van der Waals surface area (Å²) in [6.45, 7) is 1.99. The van der Waals surface area contributed by atoms with E-state index in [1.165, 1.54) is 27.8 Å². The summed E-state index contributed by atoms with van der Waals surface area (Å²) < 4.78 is 6.86. The van der Waals surface area contributed by atoms with Crippen molar-refractivity contribution in [2.24, 2.45) is 0 Å². The van der Waals surface area contributed by atoms with Crippen LogP contribution in [0.25, 0.3) is 5.69 Å². The Kier molecular flexibility index (Phi) is 5.56. The van der Waals surface area contributed by atoms with E-state index in [2.05, 4.69) is 31.0 Å². The van der Waals surface area contributed by atoms with Crippen molar-refractivity contribution in [3.8, 4) is 11.4 Å². The number of hydrogen-bond donors (Lipinski definition) is 1. The third kappa shape index (κ3) is 4.12. The summed E-state index contributed by atoms with van der Waals surface area (Å²) in [7, 11) is 1.58. The molecule has 0 atom stereocenters. The fourth-order valence-corrected chi connectivity index (χ4v) is 3.34. The van der Waals surface area contributed by atoms with E-state index in [-0.39, 0.29) is 11.7 Å². The highest BCUT2D eigenvalue weighted by atomic mass is 32.2. The highest BCUT2D eigenvalue weighted by Crippen LogP contribution is 2.25. The van der Waals surface area contributed by atoms with E-state index < -0.39 is 0 Å². The molecule has 0 aliphatic heterocycles. The van der Waals surface area contributed by atoms with Crippen LogP contribution in [0.4, 0.5) is 5.13 Å². The first kappa shape index (κ1) is 17.3. The third-order valence-electron chi connectivity index (χ3n) is 3.10. The van der Waals surface area contributed by atoms with Crippen LogP contribution in [0.5, 0.6) is 5.75 Å². The Hall–Kier alpha value is -2.53. The summed E-state index contributed by atoms with van der Waals surface area (Å²) in [6.07, 6.45) is 0.788. The van der Waals surface area contributed by atoms with Gasteiger partial charge in [0.15, 0.2) is 0 Å². The lowest BCUT2D eigenvalue weighted by atomic mass is 10.3. The standard InChI is InChI=1S/C14H15N7O2S2/c1-3-12-16-17-13(25-12)15-11(22)8-24-14-18-19-20-21(14)9-6-4-5-7-10(9)23-2/h4-7H,3,8H2,1-2H3,(H,15,17,22). The van der Waals surface area contributed by atoms with Gasteiger partial charge in [0.05, 0.1) is 12.9 Å². The molecule has 9 nitrogen and oxygen atoms in total. The van der Waals surface area contributed by atoms with Crippen molar-refractivity contribution >= 4 is 34.1 Å². The van der Waals surface area contributed by atoms with Crippen LogP contribution in [-0.4, -0.2) is 49.2 Å². The maximum Gasteiger partial charge on any atom is 0.236 e. The van der Waals surface area contributed by atoms with Crippen LogP contribution >= 0.6 is 23.1 Å². The van der Waals surface area contributed by atoms with Gasteiger partial charge in [0, 0.05) is 0 Å². The van der Waals surface area contributed by atoms with E-state index in [9.17, 15) is 4.79 Å². The monoisotopic (exact) mass is 377 g/mol. The number of nitrogens with zero attached hydrogens (tertiary/aromatic N) is 6. The van der Waals surface area contributed by atoms with Gasteiger partial charge in [0.2, 0.25) is 16.2 Å². The van der Waals surface area contributed by atoms with E-state index in [1.54, 1.807) is 7.11 Å². The molecule has 0 fully saturated rings. The van der Waals surface area contributed by atoms with Gasteiger partial charge in [-0.2, -0.15) is 4.68 Å². The minimum Gasteiger partial charge on any atom is -0.494 e. The number of benzene rings is 1. The minimum atomic E-state index is -0.196. The van der Waals surface area contributed by atoms with Gasteiger partial charge in [0.25, 0.3) is 0 Å². The van der Waals surface area contributed by atoms with Crippen molar-refractivity contribution in [3.63, 3.8) is 0 Å². The number of hydrogen-bond acceptors (Lipinski definition) is 9. The molecule has 0 saturated carbocycles. The molecule has 1 aromatic carbocycles. The molecule has 3 rings (SSSR count). The van der Waals surface area contributed by atoms with E-state index >= 15 is 0 Å². The molecule has 11 heteroatoms. The zero-order valence-electron chi connectivity index (χ0n) is 13.5. The van der Waals surface area contributed by atoms with Gasteiger partial charge in [-0.1, -0.05) is 42.2 Å². The molecule has 25 heavy (non-hydrogen) atoms. The summed E-state index contributed by atoms with van der Waals surface area (Å²) in [4.78, 5) is 12.1. The predicted octanol–water partition coefficient (Wildman–Crippen LogP) is 1.82. The van der Waals surface area contributed by atoms with Crippen molar-refractivity contribution in [1.82, 2.24) is 30.4 Å². The van der Waals surface area contributed by atoms with Crippen molar-refractivity contribution < 1.29 is 9.53 Å². The van der Waals surface area contributed by atoms with E-state index in [4.69, 9.17) is 4.74 Å². The second kappa shape index (κ2) is 8.03. The molecule has 1 N–H and O–H groups in total. The summed E-state index contributed by atoms with van der Waals surface area (Å²) in [5, 5.41) is 24.1. The molecule has 0 unspecified atom stereocenters. The van der Waals surface area contributed by atoms with E-state index in [0.29, 0.717) is 21.7 Å². The molecule has 0 aliphatic carbocycles. The Balaban J connectivity index is 1.66. The lowest BCUT2D eigenvalue weighted by Crippen LogP contribution is -2.14. The number of rotatable bonds is 7. The Morgan fingerprint density at radius 3 is 2.92 bits per heavy atom. The average Bonchev–Trinajstić information content (AvgIpc) is 3.28. The molecular weight excluding hydrogens is 362 g/mol. The number of carbonyl (C=O) groups is 1. The quantitative estimate of drug-likeness (QED) is 0.621. The number of tetrazole rings is 1. The summed E-state index contributed by atoms with van der Waals surface area (Å²) in [5.74, 6) is 0.594. The highest BCUT2D eigenvalue weighted by Gasteiger charge is 2.15. The number of nitrogens with one attached hydrogen (secondary N) is 1. The Morgan fingerprint density at radius 1 is 1.32 bits per heavy atom. The number of aromatic nitrogens is 6. The molecule has 0 spiro atoms. The molecule has 3 aromatic rings. The predicted molar refractivity (Wildman–Crippen MR) is 94.3 cm³/mol. The normalized spacial score (nSPS) is 10.6. The fourth-order valence-electron chi connectivity index (χ4n) is 1.96. The smallest absolute Gasteiger partial charge is 0.236 e. The van der Waals surface area contributed by atoms with Crippen LogP contribution in [0.3, 0.4) is 0 Å². The molecule has 0 radical (unpaired) electrons. The van der Waals surface area contributed by atoms with Crippen molar-refractivity contribution in [3.05, 3.63) is 29.3 Å². The molecule has 2 aromatic heterocycles. The molecule has 2 heterocycles. The number of methoxy groups -OCH3 is 1. The Bertz CT molecular complexity index is 864. The largest absolute Gasteiger partial charge is 0.494 e. The number of carbonyl (C=O) groups excluding carboxylic acids is 1. The SMILES string of the molecule is CCc1nnc(NC(=O)CSc2nnnn2-c2ccccc2OC)s1. The number of aryl methyl sites for hydroxylation is 1.